The van der Waals surface area contributed by atoms with Crippen molar-refractivity contribution in [2.24, 2.45) is 4.99 Å². The van der Waals surface area contributed by atoms with Crippen LogP contribution in [0.1, 0.15) is 12.0 Å². The summed E-state index contributed by atoms with van der Waals surface area (Å²) < 4.78 is 0. The van der Waals surface area contributed by atoms with Crippen LogP contribution in [0.3, 0.4) is 0 Å². The number of aliphatic imine (C=N–C) groups is 1. The second-order valence-corrected chi connectivity index (χ2v) is 6.23. The lowest BCUT2D eigenvalue weighted by Crippen LogP contribution is -2.13. The summed E-state index contributed by atoms with van der Waals surface area (Å²) in [7, 11) is 4.15. The van der Waals surface area contributed by atoms with E-state index in [1.807, 2.05) is 42.7 Å². The maximum Gasteiger partial charge on any atom is 0.224 e. The Labute approximate surface area is 146 Å². The number of nitrogens with zero attached hydrogens (tertiary/aromatic N) is 4. The van der Waals surface area contributed by atoms with Gasteiger partial charge >= 0.3 is 0 Å². The molecule has 5 nitrogen and oxygen atoms in total. The van der Waals surface area contributed by atoms with E-state index >= 15 is 0 Å². The number of nitrogens with one attached hydrogen (secondary N) is 1. The molecule has 1 N–H and O–H groups in total. The van der Waals surface area contributed by atoms with Crippen molar-refractivity contribution in [3.8, 4) is 11.3 Å². The van der Waals surface area contributed by atoms with Gasteiger partial charge in [-0.1, -0.05) is 24.3 Å². The normalized spacial score (nSPS) is 11.8. The summed E-state index contributed by atoms with van der Waals surface area (Å²) in [6.45, 7) is 1.89. The molecule has 0 bridgehead atoms. The van der Waals surface area contributed by atoms with Crippen LogP contribution in [0.4, 0.5) is 0 Å². The molecule has 0 aliphatic carbocycles. The summed E-state index contributed by atoms with van der Waals surface area (Å²) in [5, 5.41) is 1.20. The average molecular weight is 342 g/mol. The van der Waals surface area contributed by atoms with Crippen LogP contribution in [-0.4, -0.2) is 53.3 Å². The van der Waals surface area contributed by atoms with E-state index in [1.165, 1.54) is 0 Å². The van der Waals surface area contributed by atoms with E-state index < -0.39 is 0 Å². The Balaban J connectivity index is 1.74. The van der Waals surface area contributed by atoms with Crippen LogP contribution in [0.5, 0.6) is 0 Å². The topological polar surface area (TPSA) is 57.2 Å². The zero-order valence-electron chi connectivity index (χ0n) is 13.8. The molecule has 6 heteroatoms. The molecule has 1 aromatic carbocycles. The Morgan fingerprint density at radius 3 is 2.71 bits per heavy atom. The summed E-state index contributed by atoms with van der Waals surface area (Å²) in [5.74, 6) is 0. The van der Waals surface area contributed by atoms with Crippen molar-refractivity contribution in [1.82, 2.24) is 19.9 Å². The van der Waals surface area contributed by atoms with Crippen molar-refractivity contribution in [1.29, 1.82) is 0 Å². The summed E-state index contributed by atoms with van der Waals surface area (Å²) in [4.78, 5) is 18.3. The molecule has 24 heavy (non-hydrogen) atoms. The molecule has 0 radical (unpaired) electrons. The standard InChI is InChI=1S/C18H20ClN5/c1-24(2)11-3-9-20-12-13-4-6-14(7-5-13)16-15-8-10-21-17(15)23-18(19)22-16/h4-8,10,12H,3,9,11H2,1-2H3,(H,21,22,23)/b20-12+. The molecule has 0 aliphatic heterocycles. The molecular formula is C18H20ClN5. The van der Waals surface area contributed by atoms with E-state index in [1.54, 1.807) is 0 Å². The lowest BCUT2D eigenvalue weighted by atomic mass is 10.1. The fourth-order valence-corrected chi connectivity index (χ4v) is 2.68. The summed E-state index contributed by atoms with van der Waals surface area (Å²) in [6, 6.07) is 10.1. The van der Waals surface area contributed by atoms with Gasteiger partial charge in [0, 0.05) is 29.9 Å². The van der Waals surface area contributed by atoms with E-state index in [2.05, 4.69) is 38.9 Å². The summed E-state index contributed by atoms with van der Waals surface area (Å²) in [6.07, 6.45) is 4.82. The number of hydrogen-bond acceptors (Lipinski definition) is 4. The molecule has 0 amide bonds. The van der Waals surface area contributed by atoms with Crippen molar-refractivity contribution in [2.75, 3.05) is 27.2 Å². The minimum atomic E-state index is 0.242. The van der Waals surface area contributed by atoms with Gasteiger partial charge in [-0.05, 0) is 50.3 Å². The molecule has 0 fully saturated rings. The first kappa shape index (κ1) is 16.6. The first-order valence-corrected chi connectivity index (χ1v) is 8.27. The molecule has 0 saturated carbocycles. The van der Waals surface area contributed by atoms with Gasteiger partial charge in [0.1, 0.15) is 5.65 Å². The van der Waals surface area contributed by atoms with Crippen molar-refractivity contribution >= 4 is 28.8 Å². The monoisotopic (exact) mass is 341 g/mol. The Hall–Kier alpha value is -2.24. The smallest absolute Gasteiger partial charge is 0.224 e. The van der Waals surface area contributed by atoms with Crippen LogP contribution in [0.15, 0.2) is 41.5 Å². The van der Waals surface area contributed by atoms with Gasteiger partial charge in [-0.15, -0.1) is 0 Å². The van der Waals surface area contributed by atoms with Gasteiger partial charge in [0.25, 0.3) is 0 Å². The summed E-state index contributed by atoms with van der Waals surface area (Å²) in [5.41, 5.74) is 3.67. The van der Waals surface area contributed by atoms with E-state index in [4.69, 9.17) is 11.6 Å². The molecule has 124 valence electrons. The van der Waals surface area contributed by atoms with Gasteiger partial charge < -0.3 is 9.88 Å². The second kappa shape index (κ2) is 7.55. The van der Waals surface area contributed by atoms with E-state index in [-0.39, 0.29) is 5.28 Å². The van der Waals surface area contributed by atoms with Crippen molar-refractivity contribution in [3.63, 3.8) is 0 Å². The molecule has 0 atom stereocenters. The fourth-order valence-electron chi connectivity index (χ4n) is 2.51. The van der Waals surface area contributed by atoms with E-state index in [0.29, 0.717) is 0 Å². The van der Waals surface area contributed by atoms with Gasteiger partial charge in [0.2, 0.25) is 5.28 Å². The number of benzene rings is 1. The SMILES string of the molecule is CN(C)CCC/N=C/c1ccc(-c2nc(Cl)nc3[nH]ccc23)cc1. The van der Waals surface area contributed by atoms with Crippen LogP contribution in [0, 0.1) is 0 Å². The average Bonchev–Trinajstić information content (AvgIpc) is 3.02. The predicted octanol–water partition coefficient (Wildman–Crippen LogP) is 3.65. The number of fused-ring (bicyclic) bond motifs is 1. The van der Waals surface area contributed by atoms with Crippen LogP contribution in [0.2, 0.25) is 5.28 Å². The van der Waals surface area contributed by atoms with Gasteiger partial charge in [-0.25, -0.2) is 4.98 Å². The van der Waals surface area contributed by atoms with Gasteiger partial charge in [0.05, 0.1) is 5.69 Å². The van der Waals surface area contributed by atoms with Gasteiger partial charge in [-0.2, -0.15) is 4.98 Å². The predicted molar refractivity (Wildman–Crippen MR) is 100.0 cm³/mol. The Kier molecular flexibility index (Phi) is 5.23. The highest BCUT2D eigenvalue weighted by atomic mass is 35.5. The number of H-pyrrole nitrogens is 1. The van der Waals surface area contributed by atoms with Gasteiger partial charge in [-0.3, -0.25) is 4.99 Å². The molecule has 3 rings (SSSR count). The number of hydrogen-bond donors (Lipinski definition) is 1. The third kappa shape index (κ3) is 3.99. The number of rotatable bonds is 6. The minimum Gasteiger partial charge on any atom is -0.346 e. The van der Waals surface area contributed by atoms with E-state index in [0.717, 1.165) is 47.4 Å². The molecular weight excluding hydrogens is 322 g/mol. The fraction of sp³-hybridized carbons (Fsp3) is 0.278. The first-order chi connectivity index (χ1) is 11.6. The molecule has 0 saturated heterocycles. The minimum absolute atomic E-state index is 0.242. The van der Waals surface area contributed by atoms with Crippen molar-refractivity contribution in [2.45, 2.75) is 6.42 Å². The third-order valence-corrected chi connectivity index (χ3v) is 3.87. The zero-order valence-corrected chi connectivity index (χ0v) is 14.6. The number of aromatic nitrogens is 3. The summed E-state index contributed by atoms with van der Waals surface area (Å²) >= 11 is 6.02. The lowest BCUT2D eigenvalue weighted by Gasteiger charge is -2.06. The largest absolute Gasteiger partial charge is 0.346 e. The molecule has 0 unspecified atom stereocenters. The van der Waals surface area contributed by atoms with Crippen LogP contribution < -0.4 is 0 Å². The zero-order chi connectivity index (χ0) is 16.9. The second-order valence-electron chi connectivity index (χ2n) is 5.90. The number of halogens is 1. The Morgan fingerprint density at radius 1 is 1.17 bits per heavy atom. The van der Waals surface area contributed by atoms with Crippen molar-refractivity contribution < 1.29 is 0 Å². The lowest BCUT2D eigenvalue weighted by molar-refractivity contribution is 0.403. The molecule has 2 heterocycles. The maximum absolute atomic E-state index is 6.02. The highest BCUT2D eigenvalue weighted by Gasteiger charge is 2.09. The molecule has 2 aromatic heterocycles. The Morgan fingerprint density at radius 2 is 1.96 bits per heavy atom. The first-order valence-electron chi connectivity index (χ1n) is 7.89. The highest BCUT2D eigenvalue weighted by Crippen LogP contribution is 2.26. The highest BCUT2D eigenvalue weighted by molar-refractivity contribution is 6.28. The van der Waals surface area contributed by atoms with Crippen LogP contribution >= 0.6 is 11.6 Å². The van der Waals surface area contributed by atoms with Crippen LogP contribution in [0.25, 0.3) is 22.3 Å². The number of aromatic amines is 1. The molecule has 3 aromatic rings. The molecule has 0 spiro atoms. The molecule has 0 aliphatic rings. The Bertz CT molecular complexity index is 836. The van der Waals surface area contributed by atoms with Gasteiger partial charge in [0.15, 0.2) is 0 Å². The van der Waals surface area contributed by atoms with Crippen molar-refractivity contribution in [3.05, 3.63) is 47.4 Å². The maximum atomic E-state index is 6.02. The van der Waals surface area contributed by atoms with Crippen LogP contribution in [-0.2, 0) is 0 Å². The third-order valence-electron chi connectivity index (χ3n) is 3.71. The van der Waals surface area contributed by atoms with E-state index in [9.17, 15) is 0 Å². The quantitative estimate of drug-likeness (QED) is 0.423.